The van der Waals surface area contributed by atoms with Crippen LogP contribution in [0.25, 0.3) is 0 Å². The molecular weight excluding hydrogens is 449 g/mol. The lowest BCUT2D eigenvalue weighted by molar-refractivity contribution is -0.141. The molecule has 180 valence electrons. The first-order valence-corrected chi connectivity index (χ1v) is 12.4. The summed E-state index contributed by atoms with van der Waals surface area (Å²) in [6, 6.07) is 8.70. The number of nitrogens with zero attached hydrogens (tertiary/aromatic N) is 3. The Balaban J connectivity index is 1.70. The Hall–Kier alpha value is -2.72. The van der Waals surface area contributed by atoms with Crippen molar-refractivity contribution in [2.75, 3.05) is 23.9 Å². The van der Waals surface area contributed by atoms with Gasteiger partial charge in [0.1, 0.15) is 29.6 Å². The Labute approximate surface area is 194 Å². The molecule has 1 amide bonds. The average molecular weight is 480 g/mol. The minimum Gasteiger partial charge on any atom is -0.490 e. The summed E-state index contributed by atoms with van der Waals surface area (Å²) in [6.07, 6.45) is 1.12. The highest BCUT2D eigenvalue weighted by atomic mass is 32.2. The molecule has 8 nitrogen and oxygen atoms in total. The molecule has 1 aliphatic heterocycles. The molecule has 1 N–H and O–H groups in total. The zero-order valence-electron chi connectivity index (χ0n) is 19.0. The van der Waals surface area contributed by atoms with Crippen LogP contribution in [0.4, 0.5) is 10.2 Å². The number of amides is 1. The minimum absolute atomic E-state index is 0.0285. The molecule has 1 aromatic carbocycles. The van der Waals surface area contributed by atoms with Gasteiger partial charge in [0.05, 0.1) is 11.1 Å². The molecule has 1 atom stereocenters. The van der Waals surface area contributed by atoms with Crippen LogP contribution in [0.5, 0.6) is 5.75 Å². The third kappa shape index (κ3) is 6.20. The predicted octanol–water partition coefficient (Wildman–Crippen LogP) is 2.82. The largest absolute Gasteiger partial charge is 0.490 e. The second kappa shape index (κ2) is 10.5. The van der Waals surface area contributed by atoms with Crippen molar-refractivity contribution in [1.82, 2.24) is 9.88 Å². The quantitative estimate of drug-likeness (QED) is 0.625. The monoisotopic (exact) mass is 479 g/mol. The van der Waals surface area contributed by atoms with Gasteiger partial charge in [-0.25, -0.2) is 22.1 Å². The molecule has 1 aliphatic rings. The van der Waals surface area contributed by atoms with Gasteiger partial charge in [0.2, 0.25) is 0 Å². The number of sulfonamides is 1. The van der Waals surface area contributed by atoms with Crippen LogP contribution in [0.3, 0.4) is 0 Å². The number of pyridine rings is 1. The summed E-state index contributed by atoms with van der Waals surface area (Å²) in [4.78, 5) is 17.5. The molecule has 33 heavy (non-hydrogen) atoms. The standard InChI is InChI=1S/C23H30FN3O5S/c1-16(2)15-27(22-9-4-18(24)14-25-22)33(30,31)21-7-5-19(6-8-21)32-20-10-12-26(13-11-20)23(29)17(3)28/h4-9,14,16-17,20,28H,10-13,15H2,1-3H3/t17-/m0/s1. The van der Waals surface area contributed by atoms with Crippen LogP contribution in [-0.2, 0) is 14.8 Å². The molecule has 0 saturated carbocycles. The van der Waals surface area contributed by atoms with Gasteiger partial charge in [-0.1, -0.05) is 13.8 Å². The molecule has 1 saturated heterocycles. The van der Waals surface area contributed by atoms with Crippen LogP contribution in [-0.4, -0.2) is 61.2 Å². The van der Waals surface area contributed by atoms with Crippen molar-refractivity contribution in [3.05, 3.63) is 48.4 Å². The first-order valence-electron chi connectivity index (χ1n) is 11.0. The number of likely N-dealkylation sites (tertiary alicyclic amines) is 1. The van der Waals surface area contributed by atoms with Gasteiger partial charge in [0.25, 0.3) is 15.9 Å². The van der Waals surface area contributed by atoms with Crippen molar-refractivity contribution < 1.29 is 27.4 Å². The number of carbonyl (C=O) groups is 1. The van der Waals surface area contributed by atoms with Gasteiger partial charge in [-0.15, -0.1) is 0 Å². The Morgan fingerprint density at radius 2 is 1.82 bits per heavy atom. The minimum atomic E-state index is -3.91. The number of hydrogen-bond acceptors (Lipinski definition) is 6. The van der Waals surface area contributed by atoms with Crippen molar-refractivity contribution in [2.45, 2.75) is 50.7 Å². The maximum atomic E-state index is 13.3. The molecule has 0 radical (unpaired) electrons. The Morgan fingerprint density at radius 3 is 2.33 bits per heavy atom. The smallest absolute Gasteiger partial charge is 0.265 e. The number of hydrogen-bond donors (Lipinski definition) is 1. The number of rotatable bonds is 8. The number of halogens is 1. The van der Waals surface area contributed by atoms with E-state index >= 15 is 0 Å². The number of aliphatic hydroxyl groups excluding tert-OH is 1. The van der Waals surface area contributed by atoms with Gasteiger partial charge >= 0.3 is 0 Å². The number of ether oxygens (including phenoxy) is 1. The molecule has 2 heterocycles. The summed E-state index contributed by atoms with van der Waals surface area (Å²) >= 11 is 0. The van der Waals surface area contributed by atoms with E-state index in [1.54, 1.807) is 17.0 Å². The van der Waals surface area contributed by atoms with Crippen LogP contribution >= 0.6 is 0 Å². The van der Waals surface area contributed by atoms with E-state index in [4.69, 9.17) is 4.74 Å². The molecule has 10 heteroatoms. The summed E-state index contributed by atoms with van der Waals surface area (Å²) in [5.74, 6) is -0.109. The summed E-state index contributed by atoms with van der Waals surface area (Å²) < 4.78 is 47.1. The summed E-state index contributed by atoms with van der Waals surface area (Å²) in [6.45, 7) is 6.43. The average Bonchev–Trinajstić information content (AvgIpc) is 2.78. The van der Waals surface area contributed by atoms with Crippen molar-refractivity contribution in [2.24, 2.45) is 5.92 Å². The van der Waals surface area contributed by atoms with E-state index in [0.717, 1.165) is 6.20 Å². The fraction of sp³-hybridized carbons (Fsp3) is 0.478. The fourth-order valence-electron chi connectivity index (χ4n) is 3.63. The lowest BCUT2D eigenvalue weighted by atomic mass is 10.1. The van der Waals surface area contributed by atoms with Crippen LogP contribution in [0.2, 0.25) is 0 Å². The topological polar surface area (TPSA) is 100 Å². The van der Waals surface area contributed by atoms with E-state index in [9.17, 15) is 22.7 Å². The summed E-state index contributed by atoms with van der Waals surface area (Å²) in [5, 5.41) is 9.44. The van der Waals surface area contributed by atoms with Crippen LogP contribution in [0, 0.1) is 11.7 Å². The highest BCUT2D eigenvalue weighted by Gasteiger charge is 2.28. The molecule has 3 rings (SSSR count). The van der Waals surface area contributed by atoms with Gasteiger partial charge in [-0.05, 0) is 49.2 Å². The number of aromatic nitrogens is 1. The summed E-state index contributed by atoms with van der Waals surface area (Å²) in [5.41, 5.74) is 0. The molecule has 0 unspecified atom stereocenters. The van der Waals surface area contributed by atoms with Crippen molar-refractivity contribution in [3.8, 4) is 5.75 Å². The van der Waals surface area contributed by atoms with Gasteiger partial charge in [0, 0.05) is 32.5 Å². The molecule has 0 bridgehead atoms. The van der Waals surface area contributed by atoms with Gasteiger partial charge in [-0.2, -0.15) is 0 Å². The Bertz CT molecular complexity index is 1030. The van der Waals surface area contributed by atoms with Gasteiger partial charge in [-0.3, -0.25) is 4.79 Å². The van der Waals surface area contributed by atoms with E-state index in [1.165, 1.54) is 35.5 Å². The maximum Gasteiger partial charge on any atom is 0.265 e. The van der Waals surface area contributed by atoms with E-state index in [1.807, 2.05) is 13.8 Å². The third-order valence-corrected chi connectivity index (χ3v) is 7.11. The molecular formula is C23H30FN3O5S. The molecule has 0 spiro atoms. The zero-order chi connectivity index (χ0) is 24.2. The van der Waals surface area contributed by atoms with Crippen molar-refractivity contribution in [1.29, 1.82) is 0 Å². The number of carbonyl (C=O) groups excluding carboxylic acids is 1. The Kier molecular flexibility index (Phi) is 7.91. The van der Waals surface area contributed by atoms with E-state index in [-0.39, 0.29) is 35.2 Å². The van der Waals surface area contributed by atoms with Gasteiger partial charge in [0.15, 0.2) is 0 Å². The number of benzene rings is 1. The lowest BCUT2D eigenvalue weighted by Gasteiger charge is -2.33. The number of piperidine rings is 1. The highest BCUT2D eigenvalue weighted by molar-refractivity contribution is 7.92. The first kappa shape index (κ1) is 24.9. The molecule has 1 aromatic heterocycles. The number of aliphatic hydroxyl groups is 1. The van der Waals surface area contributed by atoms with E-state index in [2.05, 4.69) is 4.98 Å². The second-order valence-corrected chi connectivity index (χ2v) is 10.4. The fourth-order valence-corrected chi connectivity index (χ4v) is 5.21. The molecule has 2 aromatic rings. The lowest BCUT2D eigenvalue weighted by Crippen LogP contribution is -2.45. The van der Waals surface area contributed by atoms with E-state index < -0.39 is 21.9 Å². The van der Waals surface area contributed by atoms with Crippen molar-refractivity contribution >= 4 is 21.7 Å². The third-order valence-electron chi connectivity index (χ3n) is 5.32. The second-order valence-electron chi connectivity index (χ2n) is 8.55. The van der Waals surface area contributed by atoms with Crippen LogP contribution in [0.1, 0.15) is 33.6 Å². The van der Waals surface area contributed by atoms with Gasteiger partial charge < -0.3 is 14.7 Å². The first-order chi connectivity index (χ1) is 15.6. The SMILES string of the molecule is CC(C)CN(c1ccc(F)cn1)S(=O)(=O)c1ccc(OC2CCN(C(=O)[C@H](C)O)CC2)cc1. The molecule has 1 fully saturated rings. The maximum absolute atomic E-state index is 13.3. The van der Waals surface area contributed by atoms with Crippen LogP contribution in [0.15, 0.2) is 47.5 Å². The predicted molar refractivity (Wildman–Crippen MR) is 122 cm³/mol. The number of anilines is 1. The van der Waals surface area contributed by atoms with Crippen molar-refractivity contribution in [3.63, 3.8) is 0 Å². The molecule has 0 aliphatic carbocycles. The Morgan fingerprint density at radius 1 is 1.18 bits per heavy atom. The summed E-state index contributed by atoms with van der Waals surface area (Å²) in [7, 11) is -3.91. The van der Waals surface area contributed by atoms with E-state index in [0.29, 0.717) is 31.7 Å². The normalized spacial score (nSPS) is 16.0. The highest BCUT2D eigenvalue weighted by Crippen LogP contribution is 2.26. The zero-order valence-corrected chi connectivity index (χ0v) is 19.8. The van der Waals surface area contributed by atoms with Crippen LogP contribution < -0.4 is 9.04 Å².